The van der Waals surface area contributed by atoms with E-state index < -0.39 is 0 Å². The minimum atomic E-state index is 0.0315. The number of nitrogens with zero attached hydrogens (tertiary/aromatic N) is 1. The Balaban J connectivity index is 1.77. The van der Waals surface area contributed by atoms with Crippen molar-refractivity contribution >= 4 is 15.9 Å². The Morgan fingerprint density at radius 1 is 1.44 bits per heavy atom. The number of fused-ring (bicyclic) bond motifs is 2. The van der Waals surface area contributed by atoms with Gasteiger partial charge in [0.15, 0.2) is 0 Å². The lowest BCUT2D eigenvalue weighted by molar-refractivity contribution is 0.267. The van der Waals surface area contributed by atoms with E-state index in [-0.39, 0.29) is 5.54 Å². The van der Waals surface area contributed by atoms with Gasteiger partial charge in [0.1, 0.15) is 0 Å². The minimum Gasteiger partial charge on any atom is -0.324 e. The van der Waals surface area contributed by atoms with Gasteiger partial charge in [0, 0.05) is 28.3 Å². The smallest absolute Gasteiger partial charge is 0.0422 e. The SMILES string of the molecule is NC1(Cc2ccc(Br)cn2)CC2CCC1C2. The molecule has 2 aliphatic rings. The highest BCUT2D eigenvalue weighted by Crippen LogP contribution is 2.50. The molecule has 2 nitrogen and oxygen atoms in total. The molecule has 16 heavy (non-hydrogen) atoms. The summed E-state index contributed by atoms with van der Waals surface area (Å²) in [5.41, 5.74) is 7.73. The Labute approximate surface area is 105 Å². The number of hydrogen-bond donors (Lipinski definition) is 1. The molecule has 86 valence electrons. The topological polar surface area (TPSA) is 38.9 Å². The zero-order valence-electron chi connectivity index (χ0n) is 9.32. The second-order valence-corrected chi connectivity index (χ2v) is 6.37. The van der Waals surface area contributed by atoms with Crippen molar-refractivity contribution in [3.63, 3.8) is 0 Å². The van der Waals surface area contributed by atoms with Crippen molar-refractivity contribution in [2.24, 2.45) is 17.6 Å². The molecule has 3 atom stereocenters. The molecule has 0 saturated heterocycles. The van der Waals surface area contributed by atoms with Crippen LogP contribution in [0.2, 0.25) is 0 Å². The van der Waals surface area contributed by atoms with Crippen LogP contribution in [0.4, 0.5) is 0 Å². The van der Waals surface area contributed by atoms with Crippen LogP contribution in [0.3, 0.4) is 0 Å². The number of aromatic nitrogens is 1. The second kappa shape index (κ2) is 3.81. The molecule has 1 aromatic heterocycles. The second-order valence-electron chi connectivity index (χ2n) is 5.46. The van der Waals surface area contributed by atoms with Crippen molar-refractivity contribution in [1.82, 2.24) is 4.98 Å². The van der Waals surface area contributed by atoms with E-state index in [9.17, 15) is 0 Å². The van der Waals surface area contributed by atoms with Crippen LogP contribution in [0, 0.1) is 11.8 Å². The number of hydrogen-bond acceptors (Lipinski definition) is 2. The highest BCUT2D eigenvalue weighted by Gasteiger charge is 2.48. The first kappa shape index (κ1) is 10.7. The number of pyridine rings is 1. The van der Waals surface area contributed by atoms with Crippen LogP contribution in [0.25, 0.3) is 0 Å². The Morgan fingerprint density at radius 3 is 2.88 bits per heavy atom. The predicted molar refractivity (Wildman–Crippen MR) is 68.0 cm³/mol. The molecule has 1 heterocycles. The van der Waals surface area contributed by atoms with Crippen LogP contribution in [-0.2, 0) is 6.42 Å². The van der Waals surface area contributed by atoms with E-state index >= 15 is 0 Å². The maximum atomic E-state index is 6.56. The van der Waals surface area contributed by atoms with Crippen LogP contribution in [-0.4, -0.2) is 10.5 Å². The van der Waals surface area contributed by atoms with E-state index in [0.29, 0.717) is 0 Å². The van der Waals surface area contributed by atoms with Crippen LogP contribution >= 0.6 is 15.9 Å². The molecule has 0 aliphatic heterocycles. The van der Waals surface area contributed by atoms with E-state index in [1.807, 2.05) is 6.20 Å². The van der Waals surface area contributed by atoms with Crippen LogP contribution < -0.4 is 5.73 Å². The van der Waals surface area contributed by atoms with Crippen molar-refractivity contribution < 1.29 is 0 Å². The number of rotatable bonds is 2. The molecule has 3 rings (SSSR count). The third kappa shape index (κ3) is 1.80. The zero-order chi connectivity index (χ0) is 11.2. The van der Waals surface area contributed by atoms with Gasteiger partial charge in [-0.15, -0.1) is 0 Å². The van der Waals surface area contributed by atoms with Crippen molar-refractivity contribution in [2.75, 3.05) is 0 Å². The summed E-state index contributed by atoms with van der Waals surface area (Å²) in [6, 6.07) is 4.14. The van der Waals surface area contributed by atoms with Crippen LogP contribution in [0.1, 0.15) is 31.4 Å². The molecule has 0 amide bonds. The molecule has 2 saturated carbocycles. The number of nitrogens with two attached hydrogens (primary N) is 1. The third-order valence-electron chi connectivity index (χ3n) is 4.32. The summed E-state index contributed by atoms with van der Waals surface area (Å²) in [6.07, 6.45) is 8.10. The van der Waals surface area contributed by atoms with Crippen molar-refractivity contribution in [3.05, 3.63) is 28.5 Å². The summed E-state index contributed by atoms with van der Waals surface area (Å²) in [4.78, 5) is 4.44. The first-order valence-electron chi connectivity index (χ1n) is 6.05. The Hall–Kier alpha value is -0.410. The Bertz CT molecular complexity index is 389. The van der Waals surface area contributed by atoms with Gasteiger partial charge < -0.3 is 5.73 Å². The van der Waals surface area contributed by atoms with Gasteiger partial charge in [-0.25, -0.2) is 0 Å². The lowest BCUT2D eigenvalue weighted by Crippen LogP contribution is -2.47. The summed E-state index contributed by atoms with van der Waals surface area (Å²) >= 11 is 3.41. The van der Waals surface area contributed by atoms with E-state index in [1.54, 1.807) is 0 Å². The zero-order valence-corrected chi connectivity index (χ0v) is 10.9. The summed E-state index contributed by atoms with van der Waals surface area (Å²) in [7, 11) is 0. The van der Waals surface area contributed by atoms with Gasteiger partial charge in [0.05, 0.1) is 0 Å². The molecule has 0 spiro atoms. The molecule has 2 bridgehead atoms. The highest BCUT2D eigenvalue weighted by molar-refractivity contribution is 9.10. The van der Waals surface area contributed by atoms with Gasteiger partial charge in [-0.05, 0) is 59.2 Å². The Morgan fingerprint density at radius 2 is 2.31 bits per heavy atom. The maximum Gasteiger partial charge on any atom is 0.0422 e. The quantitative estimate of drug-likeness (QED) is 0.905. The summed E-state index contributed by atoms with van der Waals surface area (Å²) < 4.78 is 1.04. The fourth-order valence-corrected chi connectivity index (χ4v) is 3.79. The normalized spacial score (nSPS) is 36.9. The first-order valence-corrected chi connectivity index (χ1v) is 6.84. The van der Waals surface area contributed by atoms with E-state index in [1.165, 1.54) is 25.7 Å². The molecule has 2 aliphatic carbocycles. The standard InChI is InChI=1S/C13H17BrN2/c14-11-3-4-12(16-8-11)7-13(15)6-9-1-2-10(13)5-9/h3-4,8-10H,1-2,5-7,15H2. The molecular formula is C13H17BrN2. The lowest BCUT2D eigenvalue weighted by Gasteiger charge is -2.33. The molecule has 3 heteroatoms. The van der Waals surface area contributed by atoms with Gasteiger partial charge in [0.25, 0.3) is 0 Å². The van der Waals surface area contributed by atoms with Crippen molar-refractivity contribution in [2.45, 2.75) is 37.6 Å². The minimum absolute atomic E-state index is 0.0315. The maximum absolute atomic E-state index is 6.56. The molecule has 1 aromatic rings. The molecular weight excluding hydrogens is 264 g/mol. The summed E-state index contributed by atoms with van der Waals surface area (Å²) in [6.45, 7) is 0. The van der Waals surface area contributed by atoms with Gasteiger partial charge in [-0.3, -0.25) is 4.98 Å². The molecule has 0 radical (unpaired) electrons. The summed E-state index contributed by atoms with van der Waals surface area (Å²) in [5, 5.41) is 0. The fraction of sp³-hybridized carbons (Fsp3) is 0.615. The van der Waals surface area contributed by atoms with Crippen molar-refractivity contribution in [1.29, 1.82) is 0 Å². The first-order chi connectivity index (χ1) is 7.66. The average molecular weight is 281 g/mol. The largest absolute Gasteiger partial charge is 0.324 e. The van der Waals surface area contributed by atoms with Gasteiger partial charge in [0.2, 0.25) is 0 Å². The lowest BCUT2D eigenvalue weighted by atomic mass is 9.78. The molecule has 0 aromatic carbocycles. The third-order valence-corrected chi connectivity index (χ3v) is 4.79. The average Bonchev–Trinajstić information content (AvgIpc) is 2.81. The highest BCUT2D eigenvalue weighted by atomic mass is 79.9. The van der Waals surface area contributed by atoms with E-state index in [2.05, 4.69) is 33.0 Å². The van der Waals surface area contributed by atoms with E-state index in [0.717, 1.165) is 28.4 Å². The van der Waals surface area contributed by atoms with E-state index in [4.69, 9.17) is 5.73 Å². The fourth-order valence-electron chi connectivity index (χ4n) is 3.55. The van der Waals surface area contributed by atoms with Gasteiger partial charge in [-0.1, -0.05) is 6.42 Å². The molecule has 2 N–H and O–H groups in total. The number of halogens is 1. The van der Waals surface area contributed by atoms with Crippen LogP contribution in [0.5, 0.6) is 0 Å². The molecule has 3 unspecified atom stereocenters. The van der Waals surface area contributed by atoms with Crippen molar-refractivity contribution in [3.8, 4) is 0 Å². The summed E-state index contributed by atoms with van der Waals surface area (Å²) in [5.74, 6) is 1.63. The predicted octanol–water partition coefficient (Wildman–Crippen LogP) is 2.90. The van der Waals surface area contributed by atoms with Gasteiger partial charge in [-0.2, -0.15) is 0 Å². The van der Waals surface area contributed by atoms with Crippen LogP contribution in [0.15, 0.2) is 22.8 Å². The molecule has 2 fully saturated rings. The monoisotopic (exact) mass is 280 g/mol. The Kier molecular flexibility index (Phi) is 2.55. The van der Waals surface area contributed by atoms with Gasteiger partial charge >= 0.3 is 0 Å².